The topological polar surface area (TPSA) is 29.1 Å². The van der Waals surface area contributed by atoms with E-state index in [1.807, 2.05) is 0 Å². The van der Waals surface area contributed by atoms with Crippen LogP contribution >= 0.6 is 11.6 Å². The Hall–Kier alpha value is -1.02. The number of alkyl halides is 1. The Bertz CT molecular complexity index is 424. The molecule has 1 aliphatic carbocycles. The summed E-state index contributed by atoms with van der Waals surface area (Å²) in [5.74, 6) is 0.00218. The number of rotatable bonds is 4. The van der Waals surface area contributed by atoms with Crippen LogP contribution in [0.15, 0.2) is 24.3 Å². The molecule has 0 spiro atoms. The number of hydrogen-bond acceptors (Lipinski definition) is 1. The second-order valence-electron chi connectivity index (χ2n) is 5.27. The molecule has 18 heavy (non-hydrogen) atoms. The third-order valence-electron chi connectivity index (χ3n) is 3.88. The van der Waals surface area contributed by atoms with Crippen molar-refractivity contribution in [1.82, 2.24) is 5.32 Å². The molecule has 1 aromatic carbocycles. The monoisotopic (exact) mass is 265 g/mol. The van der Waals surface area contributed by atoms with Gasteiger partial charge in [-0.2, -0.15) is 0 Å². The van der Waals surface area contributed by atoms with E-state index in [0.717, 1.165) is 19.3 Å². The molecule has 98 valence electrons. The summed E-state index contributed by atoms with van der Waals surface area (Å²) < 4.78 is 0. The predicted octanol–water partition coefficient (Wildman–Crippen LogP) is 3.21. The van der Waals surface area contributed by atoms with Gasteiger partial charge in [-0.15, -0.1) is 11.6 Å². The summed E-state index contributed by atoms with van der Waals surface area (Å²) in [5, 5.41) is 3.15. The number of nitrogens with one attached hydrogen (secondary N) is 1. The highest BCUT2D eigenvalue weighted by Crippen LogP contribution is 2.33. The Labute approximate surface area is 114 Å². The van der Waals surface area contributed by atoms with E-state index in [-0.39, 0.29) is 17.3 Å². The van der Waals surface area contributed by atoms with Crippen molar-refractivity contribution in [3.05, 3.63) is 35.4 Å². The van der Waals surface area contributed by atoms with E-state index >= 15 is 0 Å². The third kappa shape index (κ3) is 3.05. The van der Waals surface area contributed by atoms with E-state index in [9.17, 15) is 4.79 Å². The molecule has 0 bridgehead atoms. The minimum absolute atomic E-state index is 0.0489. The van der Waals surface area contributed by atoms with Crippen molar-refractivity contribution < 1.29 is 4.79 Å². The predicted molar refractivity (Wildman–Crippen MR) is 74.9 cm³/mol. The van der Waals surface area contributed by atoms with Crippen LogP contribution in [0.2, 0.25) is 0 Å². The summed E-state index contributed by atoms with van der Waals surface area (Å²) in [4.78, 5) is 11.6. The first-order valence-corrected chi connectivity index (χ1v) is 7.10. The zero-order chi connectivity index (χ0) is 13.0. The normalized spacial score (nSPS) is 17.7. The second kappa shape index (κ2) is 5.75. The van der Waals surface area contributed by atoms with E-state index in [1.165, 1.54) is 24.0 Å². The quantitative estimate of drug-likeness (QED) is 0.833. The van der Waals surface area contributed by atoms with Gasteiger partial charge in [0.2, 0.25) is 5.91 Å². The minimum atomic E-state index is -0.0713. The van der Waals surface area contributed by atoms with Gasteiger partial charge in [-0.3, -0.25) is 4.79 Å². The van der Waals surface area contributed by atoms with Crippen LogP contribution in [0.3, 0.4) is 0 Å². The first-order valence-electron chi connectivity index (χ1n) is 6.57. The zero-order valence-corrected chi connectivity index (χ0v) is 11.6. The molecular formula is C15H20ClNO. The number of halogens is 1. The van der Waals surface area contributed by atoms with E-state index in [1.54, 1.807) is 0 Å². The van der Waals surface area contributed by atoms with Crippen LogP contribution in [0.25, 0.3) is 0 Å². The lowest BCUT2D eigenvalue weighted by molar-refractivity contribution is -0.120. The van der Waals surface area contributed by atoms with Crippen LogP contribution < -0.4 is 5.32 Å². The molecule has 2 rings (SSSR count). The maximum Gasteiger partial charge on any atom is 0.235 e. The van der Waals surface area contributed by atoms with Gasteiger partial charge in [0, 0.05) is 5.54 Å². The summed E-state index contributed by atoms with van der Waals surface area (Å²) in [5.41, 5.74) is 2.55. The first kappa shape index (κ1) is 13.4. The van der Waals surface area contributed by atoms with Gasteiger partial charge >= 0.3 is 0 Å². The van der Waals surface area contributed by atoms with Gasteiger partial charge < -0.3 is 5.32 Å². The van der Waals surface area contributed by atoms with Crippen molar-refractivity contribution in [1.29, 1.82) is 0 Å². The van der Waals surface area contributed by atoms with E-state index in [0.29, 0.717) is 0 Å². The Kier molecular flexibility index (Phi) is 4.28. The Morgan fingerprint density at radius 2 is 2.00 bits per heavy atom. The highest BCUT2D eigenvalue weighted by atomic mass is 35.5. The van der Waals surface area contributed by atoms with E-state index < -0.39 is 0 Å². The van der Waals surface area contributed by atoms with Crippen molar-refractivity contribution >= 4 is 17.5 Å². The van der Waals surface area contributed by atoms with Crippen LogP contribution in [0.4, 0.5) is 0 Å². The molecule has 1 saturated carbocycles. The molecule has 0 saturated heterocycles. The smallest absolute Gasteiger partial charge is 0.235 e. The van der Waals surface area contributed by atoms with Gasteiger partial charge in [0.05, 0.1) is 0 Å². The molecule has 2 nitrogen and oxygen atoms in total. The Balaban J connectivity index is 2.16. The fourth-order valence-electron chi connectivity index (χ4n) is 2.90. The molecule has 0 atom stereocenters. The van der Waals surface area contributed by atoms with Gasteiger partial charge in [0.25, 0.3) is 0 Å². The number of carbonyl (C=O) groups excluding carboxylic acids is 1. The highest BCUT2D eigenvalue weighted by Gasteiger charge is 2.35. The van der Waals surface area contributed by atoms with Crippen LogP contribution in [0.1, 0.15) is 36.8 Å². The molecule has 3 heteroatoms. The van der Waals surface area contributed by atoms with Gasteiger partial charge in [0.1, 0.15) is 5.88 Å². The van der Waals surface area contributed by atoms with Gasteiger partial charge in [-0.25, -0.2) is 0 Å². The van der Waals surface area contributed by atoms with Crippen LogP contribution in [0, 0.1) is 6.92 Å². The fraction of sp³-hybridized carbons (Fsp3) is 0.533. The lowest BCUT2D eigenvalue weighted by atomic mass is 9.87. The summed E-state index contributed by atoms with van der Waals surface area (Å²) in [6, 6.07) is 8.40. The molecule has 0 radical (unpaired) electrons. The van der Waals surface area contributed by atoms with E-state index in [2.05, 4.69) is 36.5 Å². The molecule has 0 unspecified atom stereocenters. The lowest BCUT2D eigenvalue weighted by Gasteiger charge is -2.31. The number of aryl methyl sites for hydroxylation is 1. The lowest BCUT2D eigenvalue weighted by Crippen LogP contribution is -2.48. The maximum absolute atomic E-state index is 11.6. The van der Waals surface area contributed by atoms with Crippen molar-refractivity contribution in [2.45, 2.75) is 44.6 Å². The maximum atomic E-state index is 11.6. The SMILES string of the molecule is Cc1ccccc1CC1(NC(=O)CCl)CCCC1. The van der Waals surface area contributed by atoms with Gasteiger partial charge in [-0.1, -0.05) is 37.1 Å². The molecule has 0 aliphatic heterocycles. The van der Waals surface area contributed by atoms with Crippen LogP contribution in [-0.4, -0.2) is 17.3 Å². The second-order valence-corrected chi connectivity index (χ2v) is 5.54. The molecule has 0 heterocycles. The summed E-state index contributed by atoms with van der Waals surface area (Å²) in [6.07, 6.45) is 5.42. The van der Waals surface area contributed by atoms with Crippen LogP contribution in [0.5, 0.6) is 0 Å². The van der Waals surface area contributed by atoms with Crippen molar-refractivity contribution in [3.8, 4) is 0 Å². The van der Waals surface area contributed by atoms with Gasteiger partial charge in [0.15, 0.2) is 0 Å². The molecule has 1 N–H and O–H groups in total. The Morgan fingerprint density at radius 3 is 2.61 bits per heavy atom. The van der Waals surface area contributed by atoms with E-state index in [4.69, 9.17) is 11.6 Å². The molecule has 1 amide bonds. The fourth-order valence-corrected chi connectivity index (χ4v) is 2.97. The number of amides is 1. The largest absolute Gasteiger partial charge is 0.349 e. The average Bonchev–Trinajstić information content (AvgIpc) is 2.80. The molecule has 1 aliphatic rings. The van der Waals surface area contributed by atoms with Crippen molar-refractivity contribution in [2.24, 2.45) is 0 Å². The molecular weight excluding hydrogens is 246 g/mol. The first-order chi connectivity index (χ1) is 8.65. The molecule has 1 fully saturated rings. The number of benzene rings is 1. The van der Waals surface area contributed by atoms with Gasteiger partial charge in [-0.05, 0) is 37.3 Å². The Morgan fingerprint density at radius 1 is 1.33 bits per heavy atom. The number of hydrogen-bond donors (Lipinski definition) is 1. The molecule has 1 aromatic rings. The standard InChI is InChI=1S/C15H20ClNO/c1-12-6-2-3-7-13(12)10-15(8-4-5-9-15)17-14(18)11-16/h2-3,6-7H,4-5,8-11H2,1H3,(H,17,18). The summed E-state index contributed by atoms with van der Waals surface area (Å²) in [6.45, 7) is 2.13. The minimum Gasteiger partial charge on any atom is -0.349 e. The van der Waals surface area contributed by atoms with Crippen molar-refractivity contribution in [3.63, 3.8) is 0 Å². The highest BCUT2D eigenvalue weighted by molar-refractivity contribution is 6.27. The van der Waals surface area contributed by atoms with Crippen LogP contribution in [-0.2, 0) is 11.2 Å². The molecule has 0 aromatic heterocycles. The average molecular weight is 266 g/mol. The number of carbonyl (C=O) groups is 1. The third-order valence-corrected chi connectivity index (χ3v) is 4.12. The van der Waals surface area contributed by atoms with Crippen molar-refractivity contribution in [2.75, 3.05) is 5.88 Å². The zero-order valence-electron chi connectivity index (χ0n) is 10.8. The summed E-state index contributed by atoms with van der Waals surface area (Å²) in [7, 11) is 0. The summed E-state index contributed by atoms with van der Waals surface area (Å²) >= 11 is 5.61.